The Morgan fingerprint density at radius 1 is 1.07 bits per heavy atom. The van der Waals surface area contributed by atoms with Crippen molar-refractivity contribution in [2.45, 2.75) is 35.8 Å². The van der Waals surface area contributed by atoms with Crippen LogP contribution in [0.1, 0.15) is 24.2 Å². The fraction of sp³-hybridized carbons (Fsp3) is 0.321. The first-order valence-corrected chi connectivity index (χ1v) is 16.3. The fourth-order valence-electron chi connectivity index (χ4n) is 4.47. The second-order valence-electron chi connectivity index (χ2n) is 10.1. The number of aliphatic hydroxyl groups excluding tert-OH is 1. The van der Waals surface area contributed by atoms with Gasteiger partial charge in [0.25, 0.3) is 15.9 Å². The highest BCUT2D eigenvalue weighted by Gasteiger charge is 2.35. The van der Waals surface area contributed by atoms with E-state index < -0.39 is 43.9 Å². The molecule has 0 saturated carbocycles. The molecular weight excluding hydrogens is 609 g/mol. The number of amides is 1. The zero-order valence-electron chi connectivity index (χ0n) is 23.1. The van der Waals surface area contributed by atoms with Gasteiger partial charge >= 0.3 is 0 Å². The van der Waals surface area contributed by atoms with Crippen molar-refractivity contribution in [2.24, 2.45) is 5.92 Å². The van der Waals surface area contributed by atoms with Crippen LogP contribution in [0.2, 0.25) is 5.02 Å². The highest BCUT2D eigenvalue weighted by molar-refractivity contribution is 7.92. The van der Waals surface area contributed by atoms with Gasteiger partial charge < -0.3 is 14.7 Å². The summed E-state index contributed by atoms with van der Waals surface area (Å²) in [7, 11) is -6.64. The number of likely N-dealkylation sites (N-methyl/N-ethyl adjacent to an activating group) is 1. The number of hydrogen-bond donors (Lipinski definition) is 2. The minimum Gasteiger partial charge on any atom is -0.488 e. The van der Waals surface area contributed by atoms with E-state index in [0.717, 1.165) is 16.4 Å². The smallest absolute Gasteiger partial charge is 0.261 e. The summed E-state index contributed by atoms with van der Waals surface area (Å²) in [5.74, 6) is -1.32. The maximum atomic E-state index is 13.7. The van der Waals surface area contributed by atoms with Crippen molar-refractivity contribution in [3.8, 4) is 5.75 Å². The van der Waals surface area contributed by atoms with Crippen LogP contribution in [0.25, 0.3) is 0 Å². The third kappa shape index (κ3) is 6.87. The SMILES string of the molecule is C[C@H](CO)N1C[C@H](C)[C@H](CN(C)S(=O)(=O)c2ccc(F)cc2)Oc2ccc(NS(=O)(=O)c3ccc(Cl)cc3)cc2C1=O. The van der Waals surface area contributed by atoms with E-state index >= 15 is 0 Å². The number of aliphatic hydroxyl groups is 1. The van der Waals surface area contributed by atoms with Crippen molar-refractivity contribution in [2.75, 3.05) is 31.5 Å². The summed E-state index contributed by atoms with van der Waals surface area (Å²) in [5, 5.41) is 10.2. The fourth-order valence-corrected chi connectivity index (χ4v) is 6.83. The Hall–Kier alpha value is -3.23. The van der Waals surface area contributed by atoms with E-state index in [9.17, 15) is 31.1 Å². The molecule has 226 valence electrons. The normalized spacial score (nSPS) is 18.5. The predicted octanol–water partition coefficient (Wildman–Crippen LogP) is 3.82. The minimum absolute atomic E-state index is 0.0314. The van der Waals surface area contributed by atoms with Crippen molar-refractivity contribution < 1.29 is 35.9 Å². The van der Waals surface area contributed by atoms with Gasteiger partial charge in [0.1, 0.15) is 17.7 Å². The largest absolute Gasteiger partial charge is 0.488 e. The zero-order valence-corrected chi connectivity index (χ0v) is 25.5. The summed E-state index contributed by atoms with van der Waals surface area (Å²) in [5.41, 5.74) is 0.131. The number of fused-ring (bicyclic) bond motifs is 1. The topological polar surface area (TPSA) is 133 Å². The lowest BCUT2D eigenvalue weighted by Gasteiger charge is -2.38. The summed E-state index contributed by atoms with van der Waals surface area (Å²) in [4.78, 5) is 15.0. The lowest BCUT2D eigenvalue weighted by molar-refractivity contribution is 0.0387. The van der Waals surface area contributed by atoms with E-state index in [1.54, 1.807) is 13.8 Å². The maximum absolute atomic E-state index is 13.7. The van der Waals surface area contributed by atoms with Gasteiger partial charge in [-0.3, -0.25) is 9.52 Å². The summed E-state index contributed by atoms with van der Waals surface area (Å²) < 4.78 is 75.4. The number of benzene rings is 3. The van der Waals surface area contributed by atoms with E-state index in [2.05, 4.69) is 4.72 Å². The van der Waals surface area contributed by atoms with Crippen LogP contribution in [0.4, 0.5) is 10.1 Å². The Morgan fingerprint density at radius 2 is 1.69 bits per heavy atom. The van der Waals surface area contributed by atoms with Gasteiger partial charge in [0.15, 0.2) is 0 Å². The van der Waals surface area contributed by atoms with Gasteiger partial charge in [-0.25, -0.2) is 21.2 Å². The highest BCUT2D eigenvalue weighted by Crippen LogP contribution is 2.32. The molecule has 3 aromatic rings. The summed E-state index contributed by atoms with van der Waals surface area (Å²) in [6.45, 7) is 3.14. The average Bonchev–Trinajstić information content (AvgIpc) is 2.95. The minimum atomic E-state index is -4.02. The molecule has 42 heavy (non-hydrogen) atoms. The molecule has 0 radical (unpaired) electrons. The van der Waals surface area contributed by atoms with Crippen molar-refractivity contribution in [1.82, 2.24) is 9.21 Å². The molecular formula is C28H31ClFN3O7S2. The van der Waals surface area contributed by atoms with E-state index in [-0.39, 0.29) is 52.4 Å². The Bertz CT molecular complexity index is 1650. The summed E-state index contributed by atoms with van der Waals surface area (Å²) in [6, 6.07) is 13.7. The lowest BCUT2D eigenvalue weighted by Crippen LogP contribution is -2.50. The molecule has 0 unspecified atom stereocenters. The molecule has 10 nitrogen and oxygen atoms in total. The standard InChI is InChI=1S/C28H31ClFN3O7S2/c1-18-15-33(19(2)17-34)28(35)25-14-22(31-41(36,37)23-9-4-20(29)5-10-23)8-13-26(25)40-27(18)16-32(3)42(38,39)24-11-6-21(30)7-12-24/h4-14,18-19,27,31,34H,15-17H2,1-3H3/t18-,19+,27-/m0/s1. The van der Waals surface area contributed by atoms with Crippen LogP contribution in [-0.4, -0.2) is 75.9 Å². The molecule has 14 heteroatoms. The Kier molecular flexibility index (Phi) is 9.48. The third-order valence-electron chi connectivity index (χ3n) is 7.00. The first kappa shape index (κ1) is 31.7. The van der Waals surface area contributed by atoms with E-state index in [4.69, 9.17) is 16.3 Å². The zero-order chi connectivity index (χ0) is 30.8. The molecule has 0 spiro atoms. The van der Waals surface area contributed by atoms with Gasteiger partial charge in [0, 0.05) is 30.2 Å². The van der Waals surface area contributed by atoms with Gasteiger partial charge in [-0.1, -0.05) is 18.5 Å². The lowest BCUT2D eigenvalue weighted by atomic mass is 9.99. The molecule has 4 rings (SSSR count). The highest BCUT2D eigenvalue weighted by atomic mass is 35.5. The number of carbonyl (C=O) groups is 1. The molecule has 3 aromatic carbocycles. The molecule has 1 amide bonds. The number of anilines is 1. The van der Waals surface area contributed by atoms with Gasteiger partial charge in [-0.2, -0.15) is 4.31 Å². The number of halogens is 2. The first-order valence-electron chi connectivity index (χ1n) is 13.0. The third-order valence-corrected chi connectivity index (χ3v) is 10.5. The number of hydrogen-bond acceptors (Lipinski definition) is 7. The molecule has 1 aliphatic heterocycles. The molecule has 1 heterocycles. The second kappa shape index (κ2) is 12.6. The molecule has 3 atom stereocenters. The van der Waals surface area contributed by atoms with Gasteiger partial charge in [-0.05, 0) is 73.7 Å². The Balaban J connectivity index is 1.68. The number of ether oxygens (including phenoxy) is 1. The molecule has 2 N–H and O–H groups in total. The van der Waals surface area contributed by atoms with Crippen LogP contribution >= 0.6 is 11.6 Å². The molecule has 0 aromatic heterocycles. The molecule has 0 bridgehead atoms. The van der Waals surface area contributed by atoms with E-state index in [1.807, 2.05) is 0 Å². The number of rotatable bonds is 9. The Morgan fingerprint density at radius 3 is 2.31 bits per heavy atom. The van der Waals surface area contributed by atoms with Gasteiger partial charge in [0.05, 0.1) is 34.5 Å². The van der Waals surface area contributed by atoms with Crippen molar-refractivity contribution >= 4 is 43.2 Å². The summed E-state index contributed by atoms with van der Waals surface area (Å²) >= 11 is 5.87. The predicted molar refractivity (Wildman–Crippen MR) is 156 cm³/mol. The molecule has 0 fully saturated rings. The average molecular weight is 640 g/mol. The van der Waals surface area contributed by atoms with Crippen LogP contribution in [0, 0.1) is 11.7 Å². The molecule has 0 saturated heterocycles. The van der Waals surface area contributed by atoms with Crippen molar-refractivity contribution in [1.29, 1.82) is 0 Å². The van der Waals surface area contributed by atoms with Crippen LogP contribution in [0.15, 0.2) is 76.5 Å². The van der Waals surface area contributed by atoms with Crippen LogP contribution in [0.5, 0.6) is 5.75 Å². The number of nitrogens with zero attached hydrogens (tertiary/aromatic N) is 2. The number of sulfonamides is 2. The van der Waals surface area contributed by atoms with Gasteiger partial charge in [-0.15, -0.1) is 0 Å². The van der Waals surface area contributed by atoms with E-state index in [0.29, 0.717) is 5.02 Å². The quantitative estimate of drug-likeness (QED) is 0.364. The number of nitrogens with one attached hydrogen (secondary N) is 1. The molecule has 0 aliphatic carbocycles. The monoisotopic (exact) mass is 639 g/mol. The van der Waals surface area contributed by atoms with Crippen LogP contribution in [0.3, 0.4) is 0 Å². The van der Waals surface area contributed by atoms with Gasteiger partial charge in [0.2, 0.25) is 10.0 Å². The first-order chi connectivity index (χ1) is 19.7. The Labute approximate surface area is 249 Å². The second-order valence-corrected chi connectivity index (χ2v) is 14.3. The van der Waals surface area contributed by atoms with Crippen molar-refractivity contribution in [3.05, 3.63) is 83.1 Å². The van der Waals surface area contributed by atoms with E-state index in [1.165, 1.54) is 66.5 Å². The van der Waals surface area contributed by atoms with Crippen LogP contribution < -0.4 is 9.46 Å². The summed E-state index contributed by atoms with van der Waals surface area (Å²) in [6.07, 6.45) is -0.748. The maximum Gasteiger partial charge on any atom is 0.261 e. The van der Waals surface area contributed by atoms with Crippen molar-refractivity contribution in [3.63, 3.8) is 0 Å². The number of carbonyl (C=O) groups excluding carboxylic acids is 1. The van der Waals surface area contributed by atoms with Crippen LogP contribution in [-0.2, 0) is 20.0 Å². The molecule has 1 aliphatic rings.